The number of hydrogen-bond donors (Lipinski definition) is 7. The van der Waals surface area contributed by atoms with Crippen LogP contribution in [0.3, 0.4) is 0 Å². The van der Waals surface area contributed by atoms with E-state index in [9.17, 15) is 38.2 Å². The Morgan fingerprint density at radius 2 is 1.64 bits per heavy atom. The quantitative estimate of drug-likeness (QED) is 0.0343. The maximum Gasteiger partial charge on any atom is 0.490 e. The highest BCUT2D eigenvalue weighted by Crippen LogP contribution is 2.66. The van der Waals surface area contributed by atoms with Crippen LogP contribution in [0.1, 0.15) is 123 Å². The van der Waals surface area contributed by atoms with Crippen molar-refractivity contribution < 1.29 is 70.6 Å². The molecule has 8 N–H and O–H groups in total. The van der Waals surface area contributed by atoms with Gasteiger partial charge in [0, 0.05) is 71.4 Å². The Hall–Kier alpha value is -6.30. The lowest BCUT2D eigenvalue weighted by atomic mass is 9.83. The molecule has 6 heterocycles. The molecule has 400 valence electrons. The van der Waals surface area contributed by atoms with Crippen LogP contribution in [0.15, 0.2) is 67.1 Å². The van der Waals surface area contributed by atoms with Gasteiger partial charge < -0.3 is 54.7 Å². The van der Waals surface area contributed by atoms with Crippen LogP contribution >= 0.6 is 23.5 Å². The van der Waals surface area contributed by atoms with E-state index < -0.39 is 54.3 Å². The van der Waals surface area contributed by atoms with Crippen LogP contribution in [0.4, 0.5) is 11.5 Å². The van der Waals surface area contributed by atoms with E-state index in [0.29, 0.717) is 56.4 Å². The number of carboxylic acids is 1. The van der Waals surface area contributed by atoms with Gasteiger partial charge in [0.15, 0.2) is 5.54 Å². The number of aromatic carboxylic acids is 1. The van der Waals surface area contributed by atoms with Gasteiger partial charge in [-0.25, -0.2) is 33.0 Å². The van der Waals surface area contributed by atoms with Crippen LogP contribution < -0.4 is 35.8 Å². The van der Waals surface area contributed by atoms with E-state index in [1.54, 1.807) is 16.8 Å². The number of benzene rings is 3. The van der Waals surface area contributed by atoms with E-state index in [-0.39, 0.29) is 41.0 Å². The minimum Gasteiger partial charge on any atom is -0.478 e. The number of carbonyl (C=O) groups excluding carboxylic acids is 1. The fraction of sp³-hybridized carbons (Fsp3) is 0.353. The van der Waals surface area contributed by atoms with Crippen molar-refractivity contribution in [3.05, 3.63) is 117 Å². The van der Waals surface area contributed by atoms with Gasteiger partial charge in [-0.3, -0.25) is 9.32 Å². The largest absolute Gasteiger partial charge is 0.490 e. The lowest BCUT2D eigenvalue weighted by Crippen LogP contribution is -2.49. The smallest absolute Gasteiger partial charge is 0.478 e. The molecular formula is C51H57N7O15P3+. The molecule has 9 rings (SSSR count). The monoisotopic (exact) mass is 1100 g/mol. The standard InChI is InChI=1S/C51H56N7O15P3/c1-9-57-39-21-41-37(19-34(39)28(3)23-50(57,5)6)45(38-20-35-29(4)24-51(7,8)58(10-2)40(35)22-42(38)71-41)36-18-30(13-15-33(36)49(60)61)48(59)53-17-11-12-31-25-56(47-44(31)46(52)54-27-55-47)43-16-14-32(70-43)26-69-75(65,66)73-76(67,68)72-74(62,63)64/h13,15,18-25,27,32,43H,9-10,14,16-17,26H2,1-8H3,(H7-,52,53,54,55,59,60,61,62,63,64,65,66,67,68)/p+1/t32-,43+/m0/s1. The summed E-state index contributed by atoms with van der Waals surface area (Å²) in [5.41, 5.74) is 13.3. The summed E-state index contributed by atoms with van der Waals surface area (Å²) in [5.74, 6) is 5.47. The molecule has 4 aliphatic heterocycles. The van der Waals surface area contributed by atoms with Crippen LogP contribution in [0.2, 0.25) is 0 Å². The van der Waals surface area contributed by atoms with Gasteiger partial charge in [-0.15, -0.1) is 0 Å². The lowest BCUT2D eigenvalue weighted by Gasteiger charge is -2.43. The molecule has 3 aromatic carbocycles. The van der Waals surface area contributed by atoms with Gasteiger partial charge in [-0.05, 0) is 108 Å². The van der Waals surface area contributed by atoms with Gasteiger partial charge in [-0.1, -0.05) is 17.9 Å². The molecule has 76 heavy (non-hydrogen) atoms. The first kappa shape index (κ1) is 54.5. The molecule has 0 aliphatic carbocycles. The van der Waals surface area contributed by atoms with Crippen LogP contribution in [-0.2, 0) is 31.6 Å². The molecule has 4 aliphatic rings. The second kappa shape index (κ2) is 19.9. The molecular weight excluding hydrogens is 1040 g/mol. The number of phosphoric acid groups is 3. The van der Waals surface area contributed by atoms with E-state index in [0.717, 1.165) is 46.4 Å². The molecule has 0 saturated carbocycles. The van der Waals surface area contributed by atoms with Gasteiger partial charge in [0.25, 0.3) is 5.91 Å². The van der Waals surface area contributed by atoms with E-state index in [1.807, 2.05) is 12.1 Å². The molecule has 1 amide bonds. The third-order valence-electron chi connectivity index (χ3n) is 13.8. The molecule has 25 heteroatoms. The summed E-state index contributed by atoms with van der Waals surface area (Å²) in [6.45, 7) is 17.7. The van der Waals surface area contributed by atoms with Gasteiger partial charge >= 0.3 is 29.4 Å². The zero-order valence-corrected chi connectivity index (χ0v) is 45.4. The van der Waals surface area contributed by atoms with Crippen LogP contribution in [0.5, 0.6) is 11.5 Å². The van der Waals surface area contributed by atoms with Crippen LogP contribution in [0.25, 0.3) is 27.8 Å². The maximum atomic E-state index is 14.1. The number of ether oxygens (including phenoxy) is 2. The number of likely N-dealkylation sites (N-methyl/N-ethyl adjacent to an activating group) is 2. The molecule has 0 radical (unpaired) electrons. The fourth-order valence-corrected chi connectivity index (χ4v) is 13.9. The number of fused-ring (bicyclic) bond motifs is 5. The minimum absolute atomic E-state index is 0.0131. The summed E-state index contributed by atoms with van der Waals surface area (Å²) in [4.78, 5) is 75.2. The molecule has 22 nitrogen and oxygen atoms in total. The Kier molecular flexibility index (Phi) is 14.3. The van der Waals surface area contributed by atoms with E-state index in [1.165, 1.54) is 18.5 Å². The highest BCUT2D eigenvalue weighted by molar-refractivity contribution is 7.66. The van der Waals surface area contributed by atoms with E-state index in [2.05, 4.69) is 125 Å². The number of nitrogens with one attached hydrogen (secondary N) is 1. The topological polar surface area (TPSA) is 308 Å². The van der Waals surface area contributed by atoms with Gasteiger partial charge in [0.1, 0.15) is 42.1 Å². The molecule has 0 spiro atoms. The third kappa shape index (κ3) is 10.6. The molecule has 2 aromatic heterocycles. The van der Waals surface area contributed by atoms with Crippen LogP contribution in [0, 0.1) is 11.8 Å². The summed E-state index contributed by atoms with van der Waals surface area (Å²) in [6, 6.07) is 12.7. The van der Waals surface area contributed by atoms with Crippen molar-refractivity contribution in [2.75, 3.05) is 36.9 Å². The van der Waals surface area contributed by atoms with Crippen molar-refractivity contribution in [1.82, 2.24) is 24.4 Å². The summed E-state index contributed by atoms with van der Waals surface area (Å²) in [6.07, 6.45) is 6.26. The van der Waals surface area contributed by atoms with Crippen molar-refractivity contribution in [1.29, 1.82) is 0 Å². The number of allylic oxidation sites excluding steroid dienone is 2. The Labute approximate surface area is 436 Å². The number of phosphoric ester groups is 1. The average molecular weight is 1100 g/mol. The summed E-state index contributed by atoms with van der Waals surface area (Å²) in [7, 11) is -16.7. The number of nitrogens with zero attached hydrogens (tertiary/aromatic N) is 5. The summed E-state index contributed by atoms with van der Waals surface area (Å²) < 4.78 is 64.3. The summed E-state index contributed by atoms with van der Waals surface area (Å²) in [5, 5.41) is 15.7. The van der Waals surface area contributed by atoms with Crippen molar-refractivity contribution in [3.63, 3.8) is 0 Å². The predicted octanol–water partition coefficient (Wildman–Crippen LogP) is 6.60. The predicted molar refractivity (Wildman–Crippen MR) is 282 cm³/mol. The number of carboxylic acid groups (broad SMARTS) is 1. The SMILES string of the molecule is CCN1c2cc3c(cc2C(C)=CC1(C)C)C(c1cc(C(=O)NCC#Cc2cn([C@H]4CC[C@@H](COP(=O)(O)OP(=O)(O)OP(=O)(O)O)O4)c4ncnc(N)c24)ccc1C(=O)O)=c1cc2c(cc1O3)=[N+](CC)C(C)(C)C=C2C. The number of rotatable bonds is 14. The Balaban J connectivity index is 1.03. The van der Waals surface area contributed by atoms with Crippen molar-refractivity contribution in [2.45, 2.75) is 91.6 Å². The second-order valence-corrected chi connectivity index (χ2v) is 24.2. The zero-order chi connectivity index (χ0) is 55.0. The van der Waals surface area contributed by atoms with Crippen molar-refractivity contribution in [3.8, 4) is 23.3 Å². The number of aromatic nitrogens is 3. The molecule has 4 atom stereocenters. The first-order valence-electron chi connectivity index (χ1n) is 24.2. The Morgan fingerprint density at radius 3 is 2.34 bits per heavy atom. The molecule has 0 bridgehead atoms. The first-order chi connectivity index (χ1) is 35.6. The van der Waals surface area contributed by atoms with Crippen molar-refractivity contribution >= 4 is 74.6 Å². The number of hydrogen-bond acceptors (Lipinski definition) is 14. The molecule has 2 unspecified atom stereocenters. The number of nitrogen functional groups attached to an aromatic ring is 1. The number of nitrogens with two attached hydrogens (primary N) is 1. The first-order valence-corrected chi connectivity index (χ1v) is 28.7. The number of carbonyl (C=O) groups is 2. The lowest BCUT2D eigenvalue weighted by molar-refractivity contribution is -0.0202. The van der Waals surface area contributed by atoms with Gasteiger partial charge in [-0.2, -0.15) is 8.62 Å². The minimum atomic E-state index is -5.71. The van der Waals surface area contributed by atoms with E-state index in [4.69, 9.17) is 29.5 Å². The molecule has 1 saturated heterocycles. The Morgan fingerprint density at radius 1 is 0.908 bits per heavy atom. The zero-order valence-electron chi connectivity index (χ0n) is 42.7. The molecule has 1 fully saturated rings. The van der Waals surface area contributed by atoms with Crippen LogP contribution in [-0.4, -0.2) is 94.5 Å². The average Bonchev–Trinajstić information content (AvgIpc) is 3.95. The Bertz CT molecular complexity index is 3720. The fourth-order valence-electron chi connectivity index (χ4n) is 10.8. The number of anilines is 2. The maximum absolute atomic E-state index is 14.1. The highest BCUT2D eigenvalue weighted by Gasteiger charge is 2.42. The second-order valence-electron chi connectivity index (χ2n) is 19.8. The normalized spacial score (nSPS) is 19.9. The van der Waals surface area contributed by atoms with Gasteiger partial charge in [0.05, 0.1) is 47.4 Å². The van der Waals surface area contributed by atoms with Crippen molar-refractivity contribution in [2.24, 2.45) is 0 Å². The third-order valence-corrected chi connectivity index (χ3v) is 17.6. The molecule has 5 aromatic rings. The number of amides is 1. The van der Waals surface area contributed by atoms with E-state index >= 15 is 0 Å². The van der Waals surface area contributed by atoms with Gasteiger partial charge in [0.2, 0.25) is 5.36 Å². The summed E-state index contributed by atoms with van der Waals surface area (Å²) >= 11 is 0. The highest BCUT2D eigenvalue weighted by atomic mass is 31.3.